The molecule has 14 aromatic rings. The lowest BCUT2D eigenvalue weighted by Crippen LogP contribution is -2.74. The van der Waals surface area contributed by atoms with Crippen LogP contribution >= 0.6 is 0 Å². The second-order valence-corrected chi connectivity index (χ2v) is 27.4. The van der Waals surface area contributed by atoms with Crippen molar-refractivity contribution in [2.75, 3.05) is 0 Å². The zero-order valence-corrected chi connectivity index (χ0v) is 43.9. The van der Waals surface area contributed by atoms with Crippen LogP contribution in [-0.4, -0.2) is 25.3 Å². The predicted octanol–water partition coefficient (Wildman–Crippen LogP) is 12.3. The second kappa shape index (κ2) is 18.9. The van der Waals surface area contributed by atoms with Crippen LogP contribution in [0.2, 0.25) is 0 Å². The molecule has 0 aliphatic carbocycles. The van der Waals surface area contributed by atoms with E-state index in [1.54, 1.807) is 0 Å². The summed E-state index contributed by atoms with van der Waals surface area (Å²) in [6.45, 7) is 0. The van der Waals surface area contributed by atoms with Crippen molar-refractivity contribution in [1.29, 1.82) is 0 Å². The van der Waals surface area contributed by atoms with Gasteiger partial charge in [-0.1, -0.05) is 273 Å². The maximum atomic E-state index is 2.55. The topological polar surface area (TPSA) is 9.86 Å². The van der Waals surface area contributed by atoms with Gasteiger partial charge in [-0.3, -0.25) is 0 Å². The Labute approximate surface area is 445 Å². The molecular formula is C72H52N2Si2. The van der Waals surface area contributed by atoms with Crippen LogP contribution < -0.4 is 41.5 Å². The summed E-state index contributed by atoms with van der Waals surface area (Å²) in [5, 5.41) is 15.9. The highest BCUT2D eigenvalue weighted by molar-refractivity contribution is 7.21. The molecule has 0 saturated carbocycles. The van der Waals surface area contributed by atoms with Crippen LogP contribution in [0.4, 0.5) is 0 Å². The zero-order valence-electron chi connectivity index (χ0n) is 41.9. The molecule has 76 heavy (non-hydrogen) atoms. The van der Waals surface area contributed by atoms with E-state index in [0.717, 1.165) is 16.9 Å². The molecule has 2 heterocycles. The lowest BCUT2D eigenvalue weighted by Gasteiger charge is -2.35. The van der Waals surface area contributed by atoms with Crippen molar-refractivity contribution < 1.29 is 0 Å². The van der Waals surface area contributed by atoms with Crippen LogP contribution in [0, 0.1) is 0 Å². The number of hydrogen-bond acceptors (Lipinski definition) is 0. The Bertz CT molecular complexity index is 4170. The van der Waals surface area contributed by atoms with E-state index in [2.05, 4.69) is 325 Å². The van der Waals surface area contributed by atoms with E-state index in [1.165, 1.54) is 90.7 Å². The van der Waals surface area contributed by atoms with Crippen LogP contribution in [0.25, 0.3) is 66.1 Å². The number of para-hydroxylation sites is 2. The Morgan fingerprint density at radius 1 is 0.237 bits per heavy atom. The first kappa shape index (κ1) is 45.3. The first-order chi connectivity index (χ1) is 37.8. The maximum absolute atomic E-state index is 3.06. The van der Waals surface area contributed by atoms with E-state index < -0.39 is 16.1 Å². The first-order valence-corrected chi connectivity index (χ1v) is 30.3. The van der Waals surface area contributed by atoms with E-state index >= 15 is 0 Å². The highest BCUT2D eigenvalue weighted by atomic mass is 28.3. The molecule has 0 bridgehead atoms. The number of benzene rings is 12. The van der Waals surface area contributed by atoms with Gasteiger partial charge in [0.15, 0.2) is 16.1 Å². The smallest absolute Gasteiger partial charge is 0.180 e. The molecule has 0 radical (unpaired) electrons. The summed E-state index contributed by atoms with van der Waals surface area (Å²) in [5.74, 6) is 0. The third kappa shape index (κ3) is 6.99. The fourth-order valence-corrected chi connectivity index (χ4v) is 23.0. The van der Waals surface area contributed by atoms with Gasteiger partial charge < -0.3 is 9.13 Å². The van der Waals surface area contributed by atoms with E-state index in [9.17, 15) is 0 Å². The fraction of sp³-hybridized carbons (Fsp3) is 0. The van der Waals surface area contributed by atoms with Gasteiger partial charge in [0.2, 0.25) is 0 Å². The molecule has 2 aromatic heterocycles. The molecule has 0 atom stereocenters. The van der Waals surface area contributed by atoms with Crippen LogP contribution in [-0.2, 0) is 0 Å². The summed E-state index contributed by atoms with van der Waals surface area (Å²) in [6, 6.07) is 118. The lowest BCUT2D eigenvalue weighted by molar-refractivity contribution is 1.17. The van der Waals surface area contributed by atoms with Crippen LogP contribution in [0.3, 0.4) is 0 Å². The van der Waals surface area contributed by atoms with E-state index in [-0.39, 0.29) is 0 Å². The van der Waals surface area contributed by atoms with Gasteiger partial charge >= 0.3 is 0 Å². The van der Waals surface area contributed by atoms with Crippen LogP contribution in [0.5, 0.6) is 0 Å². The van der Waals surface area contributed by atoms with Crippen molar-refractivity contribution in [3.8, 4) is 22.5 Å². The normalized spacial score (nSPS) is 11.9. The van der Waals surface area contributed by atoms with Crippen molar-refractivity contribution in [1.82, 2.24) is 9.13 Å². The molecule has 0 unspecified atom stereocenters. The fourth-order valence-electron chi connectivity index (χ4n) is 13.0. The second-order valence-electron chi connectivity index (χ2n) is 19.9. The summed E-state index contributed by atoms with van der Waals surface area (Å²) in [7, 11) is -6.01. The highest BCUT2D eigenvalue weighted by Gasteiger charge is 2.45. The molecule has 0 fully saturated rings. The van der Waals surface area contributed by atoms with Crippen LogP contribution in [0.15, 0.2) is 315 Å². The molecule has 14 rings (SSSR count). The molecule has 12 aromatic carbocycles. The molecule has 0 aliphatic rings. The van der Waals surface area contributed by atoms with Crippen molar-refractivity contribution in [3.63, 3.8) is 0 Å². The summed E-state index contributed by atoms with van der Waals surface area (Å²) < 4.78 is 5.09. The summed E-state index contributed by atoms with van der Waals surface area (Å²) in [6.07, 6.45) is 0. The summed E-state index contributed by atoms with van der Waals surface area (Å²) in [5.41, 5.74) is 9.36. The average molecular weight is 1000 g/mol. The number of hydrogen-bond donors (Lipinski definition) is 0. The van der Waals surface area contributed by atoms with Crippen molar-refractivity contribution in [2.45, 2.75) is 0 Å². The largest absolute Gasteiger partial charge is 0.309 e. The minimum absolute atomic E-state index is 1.12. The SMILES string of the molecule is c1ccc(-c2ccccc2-n2c3ccc(-n4c5ccccc5c5c([Si](c6ccccc6)(c6ccccc6)c6ccccc6)cccc54)cc3c3c([Si](c4ccccc4)(c4ccccc4)c4ccccc4)cccc32)cc1. The van der Waals surface area contributed by atoms with Crippen molar-refractivity contribution in [2.24, 2.45) is 0 Å². The Balaban J connectivity index is 1.13. The summed E-state index contributed by atoms with van der Waals surface area (Å²) in [4.78, 5) is 0. The number of rotatable bonds is 11. The van der Waals surface area contributed by atoms with Gasteiger partial charge in [0, 0.05) is 32.8 Å². The molecule has 0 saturated heterocycles. The molecular weight excluding hydrogens is 949 g/mol. The predicted molar refractivity (Wildman–Crippen MR) is 328 cm³/mol. The minimum Gasteiger partial charge on any atom is -0.309 e. The summed E-state index contributed by atoms with van der Waals surface area (Å²) >= 11 is 0. The van der Waals surface area contributed by atoms with Gasteiger partial charge in [-0.15, -0.1) is 0 Å². The van der Waals surface area contributed by atoms with Gasteiger partial charge in [0.25, 0.3) is 0 Å². The molecule has 0 amide bonds. The minimum atomic E-state index is -3.06. The molecule has 2 nitrogen and oxygen atoms in total. The Morgan fingerprint density at radius 3 is 1.07 bits per heavy atom. The van der Waals surface area contributed by atoms with Crippen molar-refractivity contribution >= 4 is 101 Å². The first-order valence-electron chi connectivity index (χ1n) is 26.3. The number of fused-ring (bicyclic) bond motifs is 6. The Hall–Kier alpha value is -9.33. The number of nitrogens with zero attached hydrogens (tertiary/aromatic N) is 2. The van der Waals surface area contributed by atoms with Gasteiger partial charge in [-0.25, -0.2) is 0 Å². The Morgan fingerprint density at radius 2 is 0.592 bits per heavy atom. The quantitative estimate of drug-likeness (QED) is 0.0903. The van der Waals surface area contributed by atoms with Gasteiger partial charge in [0.1, 0.15) is 0 Å². The third-order valence-corrected chi connectivity index (χ3v) is 25.7. The lowest BCUT2D eigenvalue weighted by atomic mass is 10.0. The van der Waals surface area contributed by atoms with Gasteiger partial charge in [-0.05, 0) is 89.5 Å². The molecule has 0 aliphatic heterocycles. The van der Waals surface area contributed by atoms with E-state index in [4.69, 9.17) is 0 Å². The number of aromatic nitrogens is 2. The molecule has 358 valence electrons. The van der Waals surface area contributed by atoms with E-state index in [1.807, 2.05) is 0 Å². The standard InChI is InChI=1S/C72H52N2Si2/c1-8-28-53(29-9-1)61-42-22-24-44-64(61)74-66-51-50-54(52-63(66)72-68(74)47-27-49-70(72)76(58-36-16-5-17-37-58,59-38-18-6-19-39-59)60-40-20-7-21-41-60)73-65-45-25-23-43-62(65)71-67(73)46-26-48-69(71)75(55-30-10-2-11-31-55,56-32-12-3-13-33-56)57-34-14-4-15-35-57/h1-52H. The Kier molecular flexibility index (Phi) is 11.2. The third-order valence-electron chi connectivity index (χ3n) is 16.0. The van der Waals surface area contributed by atoms with Crippen LogP contribution in [0.1, 0.15) is 0 Å². The molecule has 0 N–H and O–H groups in total. The maximum Gasteiger partial charge on any atom is 0.180 e. The molecule has 0 spiro atoms. The van der Waals surface area contributed by atoms with E-state index in [0.29, 0.717) is 0 Å². The van der Waals surface area contributed by atoms with Gasteiger partial charge in [-0.2, -0.15) is 0 Å². The highest BCUT2D eigenvalue weighted by Crippen LogP contribution is 2.39. The molecule has 4 heteroatoms. The van der Waals surface area contributed by atoms with Crippen molar-refractivity contribution in [3.05, 3.63) is 315 Å². The van der Waals surface area contributed by atoms with Gasteiger partial charge in [0.05, 0.1) is 27.8 Å². The monoisotopic (exact) mass is 1000 g/mol. The zero-order chi connectivity index (χ0) is 50.5. The average Bonchev–Trinajstić information content (AvgIpc) is 4.11.